The van der Waals surface area contributed by atoms with Crippen molar-refractivity contribution in [3.05, 3.63) is 47.8 Å². The van der Waals surface area contributed by atoms with Crippen molar-refractivity contribution in [2.45, 2.75) is 33.0 Å². The SMILES string of the molecule is CC(C)n1ccc(CN2CCNCc3ccccc32)n1. The minimum absolute atomic E-state index is 0.418. The van der Waals surface area contributed by atoms with Crippen molar-refractivity contribution in [3.8, 4) is 0 Å². The highest BCUT2D eigenvalue weighted by Gasteiger charge is 2.15. The molecule has 1 aliphatic rings. The van der Waals surface area contributed by atoms with Gasteiger partial charge in [0.25, 0.3) is 0 Å². The first kappa shape index (κ1) is 13.2. The van der Waals surface area contributed by atoms with Crippen LogP contribution < -0.4 is 10.2 Å². The van der Waals surface area contributed by atoms with Crippen LogP contribution in [0.3, 0.4) is 0 Å². The van der Waals surface area contributed by atoms with Crippen LogP contribution in [0.4, 0.5) is 5.69 Å². The lowest BCUT2D eigenvalue weighted by Gasteiger charge is -2.23. The standard InChI is InChI=1S/C16H22N4/c1-13(2)20-9-7-15(18-20)12-19-10-8-17-11-14-5-3-4-6-16(14)19/h3-7,9,13,17H,8,10-12H2,1-2H3. The van der Waals surface area contributed by atoms with E-state index in [4.69, 9.17) is 0 Å². The molecule has 1 aromatic heterocycles. The van der Waals surface area contributed by atoms with Crippen LogP contribution in [-0.2, 0) is 13.1 Å². The summed E-state index contributed by atoms with van der Waals surface area (Å²) >= 11 is 0. The van der Waals surface area contributed by atoms with E-state index in [0.29, 0.717) is 6.04 Å². The summed E-state index contributed by atoms with van der Waals surface area (Å²) in [4.78, 5) is 2.42. The number of benzene rings is 1. The first-order valence-corrected chi connectivity index (χ1v) is 7.31. The van der Waals surface area contributed by atoms with E-state index in [-0.39, 0.29) is 0 Å². The second-order valence-electron chi connectivity index (χ2n) is 5.61. The van der Waals surface area contributed by atoms with Gasteiger partial charge in [-0.15, -0.1) is 0 Å². The number of hydrogen-bond acceptors (Lipinski definition) is 3. The molecule has 2 heterocycles. The van der Waals surface area contributed by atoms with E-state index in [9.17, 15) is 0 Å². The molecule has 0 amide bonds. The highest BCUT2D eigenvalue weighted by molar-refractivity contribution is 5.54. The van der Waals surface area contributed by atoms with Gasteiger partial charge in [0.05, 0.1) is 12.2 Å². The quantitative estimate of drug-likeness (QED) is 0.930. The topological polar surface area (TPSA) is 33.1 Å². The fourth-order valence-electron chi connectivity index (χ4n) is 2.64. The Labute approximate surface area is 120 Å². The summed E-state index contributed by atoms with van der Waals surface area (Å²) in [6, 6.07) is 11.2. The highest BCUT2D eigenvalue weighted by Crippen LogP contribution is 2.23. The summed E-state index contributed by atoms with van der Waals surface area (Å²) in [5, 5.41) is 8.14. The van der Waals surface area contributed by atoms with Crippen molar-refractivity contribution >= 4 is 5.69 Å². The molecule has 0 aliphatic carbocycles. The van der Waals surface area contributed by atoms with Crippen LogP contribution in [0.15, 0.2) is 36.5 Å². The predicted octanol–water partition coefficient (Wildman–Crippen LogP) is 2.57. The minimum atomic E-state index is 0.418. The monoisotopic (exact) mass is 270 g/mol. The molecule has 4 heteroatoms. The van der Waals surface area contributed by atoms with Crippen molar-refractivity contribution in [1.82, 2.24) is 15.1 Å². The van der Waals surface area contributed by atoms with Crippen LogP contribution in [-0.4, -0.2) is 22.9 Å². The second kappa shape index (κ2) is 5.67. The average Bonchev–Trinajstić information content (AvgIpc) is 2.82. The Morgan fingerprint density at radius 2 is 2.10 bits per heavy atom. The van der Waals surface area contributed by atoms with E-state index < -0.39 is 0 Å². The lowest BCUT2D eigenvalue weighted by atomic mass is 10.1. The smallest absolute Gasteiger partial charge is 0.0817 e. The molecule has 4 nitrogen and oxygen atoms in total. The van der Waals surface area contributed by atoms with E-state index in [2.05, 4.69) is 65.7 Å². The molecule has 20 heavy (non-hydrogen) atoms. The van der Waals surface area contributed by atoms with Crippen LogP contribution >= 0.6 is 0 Å². The van der Waals surface area contributed by atoms with E-state index in [1.807, 2.05) is 4.68 Å². The van der Waals surface area contributed by atoms with E-state index in [1.165, 1.54) is 11.3 Å². The number of fused-ring (bicyclic) bond motifs is 1. The highest BCUT2D eigenvalue weighted by atomic mass is 15.3. The van der Waals surface area contributed by atoms with Gasteiger partial charge < -0.3 is 10.2 Å². The molecule has 0 spiro atoms. The predicted molar refractivity (Wildman–Crippen MR) is 81.8 cm³/mol. The van der Waals surface area contributed by atoms with Crippen molar-refractivity contribution in [2.75, 3.05) is 18.0 Å². The maximum atomic E-state index is 4.66. The summed E-state index contributed by atoms with van der Waals surface area (Å²) in [6.45, 7) is 8.17. The van der Waals surface area contributed by atoms with Gasteiger partial charge in [-0.25, -0.2) is 0 Å². The van der Waals surface area contributed by atoms with Gasteiger partial charge in [0, 0.05) is 37.6 Å². The molecule has 3 rings (SSSR count). The number of anilines is 1. The van der Waals surface area contributed by atoms with E-state index in [0.717, 1.165) is 31.9 Å². The first-order chi connectivity index (χ1) is 9.74. The van der Waals surface area contributed by atoms with Gasteiger partial charge in [-0.2, -0.15) is 5.10 Å². The Balaban J connectivity index is 1.82. The number of nitrogens with one attached hydrogen (secondary N) is 1. The third-order valence-corrected chi connectivity index (χ3v) is 3.75. The normalized spacial score (nSPS) is 15.2. The maximum Gasteiger partial charge on any atom is 0.0817 e. The summed E-state index contributed by atoms with van der Waals surface area (Å²) < 4.78 is 2.03. The molecule has 0 radical (unpaired) electrons. The van der Waals surface area contributed by atoms with Crippen LogP contribution in [0, 0.1) is 0 Å². The fourth-order valence-corrected chi connectivity index (χ4v) is 2.64. The van der Waals surface area contributed by atoms with Crippen LogP contribution in [0.25, 0.3) is 0 Å². The Kier molecular flexibility index (Phi) is 3.74. The molecule has 106 valence electrons. The molecule has 0 fully saturated rings. The summed E-state index contributed by atoms with van der Waals surface area (Å²) in [7, 11) is 0. The summed E-state index contributed by atoms with van der Waals surface area (Å²) in [5.74, 6) is 0. The number of hydrogen-bond donors (Lipinski definition) is 1. The van der Waals surface area contributed by atoms with Crippen molar-refractivity contribution in [3.63, 3.8) is 0 Å². The Morgan fingerprint density at radius 1 is 1.25 bits per heavy atom. The lowest BCUT2D eigenvalue weighted by Crippen LogP contribution is -2.28. The third kappa shape index (κ3) is 2.70. The zero-order chi connectivity index (χ0) is 13.9. The minimum Gasteiger partial charge on any atom is -0.364 e. The van der Waals surface area contributed by atoms with Gasteiger partial charge in [0.2, 0.25) is 0 Å². The second-order valence-corrected chi connectivity index (χ2v) is 5.61. The summed E-state index contributed by atoms with van der Waals surface area (Å²) in [6.07, 6.45) is 2.07. The molecule has 1 aliphatic heterocycles. The van der Waals surface area contributed by atoms with Gasteiger partial charge in [0.15, 0.2) is 0 Å². The molecule has 0 unspecified atom stereocenters. The molecule has 1 aromatic carbocycles. The maximum absolute atomic E-state index is 4.66. The fraction of sp³-hybridized carbons (Fsp3) is 0.438. The van der Waals surface area contributed by atoms with Crippen LogP contribution in [0.1, 0.15) is 31.1 Å². The van der Waals surface area contributed by atoms with E-state index >= 15 is 0 Å². The largest absolute Gasteiger partial charge is 0.364 e. The molecule has 0 atom stereocenters. The van der Waals surface area contributed by atoms with Crippen LogP contribution in [0.5, 0.6) is 0 Å². The van der Waals surface area contributed by atoms with Crippen molar-refractivity contribution in [2.24, 2.45) is 0 Å². The van der Waals surface area contributed by atoms with Gasteiger partial charge >= 0.3 is 0 Å². The van der Waals surface area contributed by atoms with Gasteiger partial charge in [-0.1, -0.05) is 18.2 Å². The van der Waals surface area contributed by atoms with Gasteiger partial charge in [-0.3, -0.25) is 4.68 Å². The molecule has 1 N–H and O–H groups in total. The van der Waals surface area contributed by atoms with Crippen molar-refractivity contribution in [1.29, 1.82) is 0 Å². The lowest BCUT2D eigenvalue weighted by molar-refractivity contribution is 0.525. The molecule has 0 bridgehead atoms. The number of nitrogens with zero attached hydrogens (tertiary/aromatic N) is 3. The zero-order valence-corrected chi connectivity index (χ0v) is 12.2. The Morgan fingerprint density at radius 3 is 2.90 bits per heavy atom. The van der Waals surface area contributed by atoms with Gasteiger partial charge in [0.1, 0.15) is 0 Å². The Hall–Kier alpha value is -1.81. The Bertz CT molecular complexity index is 573. The molecule has 0 saturated carbocycles. The van der Waals surface area contributed by atoms with Crippen LogP contribution in [0.2, 0.25) is 0 Å². The first-order valence-electron chi connectivity index (χ1n) is 7.31. The third-order valence-electron chi connectivity index (χ3n) is 3.75. The van der Waals surface area contributed by atoms with Gasteiger partial charge in [-0.05, 0) is 31.5 Å². The number of rotatable bonds is 3. The number of aromatic nitrogens is 2. The van der Waals surface area contributed by atoms with E-state index in [1.54, 1.807) is 0 Å². The average molecular weight is 270 g/mol. The summed E-state index contributed by atoms with van der Waals surface area (Å²) in [5.41, 5.74) is 3.83. The van der Waals surface area contributed by atoms with Crippen molar-refractivity contribution < 1.29 is 0 Å². The molecular weight excluding hydrogens is 248 g/mol. The zero-order valence-electron chi connectivity index (χ0n) is 12.2. The molecule has 0 saturated heterocycles. The molecular formula is C16H22N4. The molecule has 2 aromatic rings. The number of para-hydroxylation sites is 1.